The molecule has 23 heavy (non-hydrogen) atoms. The van der Waals surface area contributed by atoms with Gasteiger partial charge in [0.2, 0.25) is 5.91 Å². The molecule has 1 aliphatic rings. The molecule has 2 aromatic carbocycles. The van der Waals surface area contributed by atoms with Crippen LogP contribution in [-0.2, 0) is 24.2 Å². The van der Waals surface area contributed by atoms with Gasteiger partial charge >= 0.3 is 0 Å². The van der Waals surface area contributed by atoms with E-state index in [-0.39, 0.29) is 5.91 Å². The summed E-state index contributed by atoms with van der Waals surface area (Å²) in [5, 5.41) is 4.00. The molecule has 0 aliphatic carbocycles. The van der Waals surface area contributed by atoms with Crippen LogP contribution in [0.2, 0.25) is 5.02 Å². The Morgan fingerprint density at radius 1 is 1.09 bits per heavy atom. The first-order chi connectivity index (χ1) is 11.2. The van der Waals surface area contributed by atoms with Crippen molar-refractivity contribution in [3.8, 4) is 0 Å². The van der Waals surface area contributed by atoms with Crippen molar-refractivity contribution in [2.75, 3.05) is 19.6 Å². The summed E-state index contributed by atoms with van der Waals surface area (Å²) in [4.78, 5) is 14.3. The number of nitrogens with zero attached hydrogens (tertiary/aromatic N) is 1. The molecule has 2 aromatic rings. The normalized spacial score (nSPS) is 13.7. The predicted octanol–water partition coefficient (Wildman–Crippen LogP) is 3.06. The Bertz CT molecular complexity index is 669. The summed E-state index contributed by atoms with van der Waals surface area (Å²) < 4.78 is 0. The third-order valence-electron chi connectivity index (χ3n) is 4.26. The second-order valence-corrected chi connectivity index (χ2v) is 6.32. The Morgan fingerprint density at radius 3 is 2.61 bits per heavy atom. The van der Waals surface area contributed by atoms with Crippen LogP contribution in [0.25, 0.3) is 0 Å². The highest BCUT2D eigenvalue weighted by molar-refractivity contribution is 6.30. The molecule has 0 atom stereocenters. The smallest absolute Gasteiger partial charge is 0.236 e. The van der Waals surface area contributed by atoms with Crippen LogP contribution in [0.1, 0.15) is 16.7 Å². The monoisotopic (exact) mass is 328 g/mol. The molecule has 1 amide bonds. The van der Waals surface area contributed by atoms with Gasteiger partial charge in [-0.15, -0.1) is 0 Å². The van der Waals surface area contributed by atoms with Gasteiger partial charge in [0.05, 0.1) is 6.54 Å². The lowest BCUT2D eigenvalue weighted by molar-refractivity contribution is -0.131. The van der Waals surface area contributed by atoms with Gasteiger partial charge < -0.3 is 10.2 Å². The van der Waals surface area contributed by atoms with Gasteiger partial charge in [0, 0.05) is 18.1 Å². The number of rotatable bonds is 5. The lowest BCUT2D eigenvalue weighted by Crippen LogP contribution is -2.41. The Morgan fingerprint density at radius 2 is 1.83 bits per heavy atom. The molecule has 4 heteroatoms. The number of hydrogen-bond acceptors (Lipinski definition) is 2. The van der Waals surface area contributed by atoms with E-state index in [1.54, 1.807) is 0 Å². The van der Waals surface area contributed by atoms with E-state index in [2.05, 4.69) is 23.5 Å². The maximum absolute atomic E-state index is 12.3. The molecule has 1 aliphatic heterocycles. The van der Waals surface area contributed by atoms with E-state index in [9.17, 15) is 4.79 Å². The van der Waals surface area contributed by atoms with E-state index in [1.807, 2.05) is 35.2 Å². The fourth-order valence-electron chi connectivity index (χ4n) is 2.90. The average Bonchev–Trinajstić information content (AvgIpc) is 2.59. The standard InChI is InChI=1S/C19H21ClN2O/c20-18-7-5-15(6-8-18)9-11-21-13-19(23)22-12-10-16-3-1-2-4-17(16)14-22/h1-8,21H,9-14H2. The van der Waals surface area contributed by atoms with Crippen molar-refractivity contribution in [1.29, 1.82) is 0 Å². The molecule has 0 fully saturated rings. The molecule has 0 saturated heterocycles. The lowest BCUT2D eigenvalue weighted by atomic mass is 10.00. The van der Waals surface area contributed by atoms with Crippen LogP contribution in [0.5, 0.6) is 0 Å². The van der Waals surface area contributed by atoms with Crippen LogP contribution < -0.4 is 5.32 Å². The van der Waals surface area contributed by atoms with Crippen molar-refractivity contribution in [2.24, 2.45) is 0 Å². The molecule has 0 saturated carbocycles. The summed E-state index contributed by atoms with van der Waals surface area (Å²) in [6.07, 6.45) is 1.85. The minimum atomic E-state index is 0.176. The van der Waals surface area contributed by atoms with E-state index in [4.69, 9.17) is 11.6 Å². The van der Waals surface area contributed by atoms with Crippen molar-refractivity contribution in [2.45, 2.75) is 19.4 Å². The zero-order chi connectivity index (χ0) is 16.1. The van der Waals surface area contributed by atoms with Gasteiger partial charge in [0.1, 0.15) is 0 Å². The summed E-state index contributed by atoms with van der Waals surface area (Å²) in [5.41, 5.74) is 3.86. The topological polar surface area (TPSA) is 32.3 Å². The first-order valence-corrected chi connectivity index (χ1v) is 8.40. The molecule has 3 rings (SSSR count). The van der Waals surface area contributed by atoms with E-state index < -0.39 is 0 Å². The molecule has 1 heterocycles. The highest BCUT2D eigenvalue weighted by Crippen LogP contribution is 2.18. The molecular formula is C19H21ClN2O. The zero-order valence-electron chi connectivity index (χ0n) is 13.1. The van der Waals surface area contributed by atoms with Gasteiger partial charge in [0.25, 0.3) is 0 Å². The number of fused-ring (bicyclic) bond motifs is 1. The summed E-state index contributed by atoms with van der Waals surface area (Å²) in [7, 11) is 0. The number of benzene rings is 2. The summed E-state index contributed by atoms with van der Waals surface area (Å²) in [6, 6.07) is 16.2. The van der Waals surface area contributed by atoms with Crippen LogP contribution in [0, 0.1) is 0 Å². The Labute approximate surface area is 142 Å². The number of nitrogens with one attached hydrogen (secondary N) is 1. The molecule has 0 spiro atoms. The summed E-state index contributed by atoms with van der Waals surface area (Å²) >= 11 is 5.87. The van der Waals surface area contributed by atoms with Crippen LogP contribution in [0.4, 0.5) is 0 Å². The lowest BCUT2D eigenvalue weighted by Gasteiger charge is -2.29. The summed E-state index contributed by atoms with van der Waals surface area (Å²) in [6.45, 7) is 2.73. The first kappa shape index (κ1) is 16.0. The van der Waals surface area contributed by atoms with Crippen molar-refractivity contribution in [1.82, 2.24) is 10.2 Å². The first-order valence-electron chi connectivity index (χ1n) is 8.02. The Hall–Kier alpha value is -1.84. The van der Waals surface area contributed by atoms with E-state index in [1.165, 1.54) is 16.7 Å². The number of hydrogen-bond donors (Lipinski definition) is 1. The van der Waals surface area contributed by atoms with Gasteiger partial charge in [0.15, 0.2) is 0 Å². The molecule has 1 N–H and O–H groups in total. The maximum atomic E-state index is 12.3. The average molecular weight is 329 g/mol. The van der Waals surface area contributed by atoms with E-state index in [0.29, 0.717) is 6.54 Å². The second-order valence-electron chi connectivity index (χ2n) is 5.89. The zero-order valence-corrected chi connectivity index (χ0v) is 13.9. The second kappa shape index (κ2) is 7.62. The van der Waals surface area contributed by atoms with Gasteiger partial charge in [-0.05, 0) is 48.2 Å². The number of amides is 1. The molecule has 0 radical (unpaired) electrons. The molecule has 0 bridgehead atoms. The molecule has 3 nitrogen and oxygen atoms in total. The van der Waals surface area contributed by atoms with Crippen molar-refractivity contribution >= 4 is 17.5 Å². The van der Waals surface area contributed by atoms with Crippen LogP contribution in [-0.4, -0.2) is 30.4 Å². The molecular weight excluding hydrogens is 308 g/mol. The van der Waals surface area contributed by atoms with E-state index >= 15 is 0 Å². The van der Waals surface area contributed by atoms with Crippen LogP contribution >= 0.6 is 11.6 Å². The maximum Gasteiger partial charge on any atom is 0.236 e. The van der Waals surface area contributed by atoms with Crippen molar-refractivity contribution in [3.05, 3.63) is 70.2 Å². The van der Waals surface area contributed by atoms with Crippen molar-refractivity contribution < 1.29 is 4.79 Å². The minimum absolute atomic E-state index is 0.176. The quantitative estimate of drug-likeness (QED) is 0.856. The van der Waals surface area contributed by atoms with Gasteiger partial charge in [-0.2, -0.15) is 0 Å². The van der Waals surface area contributed by atoms with Gasteiger partial charge in [-0.25, -0.2) is 0 Å². The molecule has 0 aromatic heterocycles. The number of carbonyl (C=O) groups is 1. The SMILES string of the molecule is O=C(CNCCc1ccc(Cl)cc1)N1CCc2ccccc2C1. The van der Waals surface area contributed by atoms with Crippen molar-refractivity contribution in [3.63, 3.8) is 0 Å². The largest absolute Gasteiger partial charge is 0.337 e. The number of carbonyl (C=O) groups excluding carboxylic acids is 1. The fraction of sp³-hybridized carbons (Fsp3) is 0.316. The Balaban J connectivity index is 1.42. The van der Waals surface area contributed by atoms with E-state index in [0.717, 1.165) is 37.5 Å². The number of halogens is 1. The minimum Gasteiger partial charge on any atom is -0.337 e. The molecule has 120 valence electrons. The third kappa shape index (κ3) is 4.34. The third-order valence-corrected chi connectivity index (χ3v) is 4.52. The van der Waals surface area contributed by atoms with Crippen LogP contribution in [0.3, 0.4) is 0 Å². The highest BCUT2D eigenvalue weighted by Gasteiger charge is 2.19. The molecule has 0 unspecified atom stereocenters. The summed E-state index contributed by atoms with van der Waals surface area (Å²) in [5.74, 6) is 0.176. The van der Waals surface area contributed by atoms with Gasteiger partial charge in [-0.3, -0.25) is 4.79 Å². The fourth-order valence-corrected chi connectivity index (χ4v) is 3.03. The Kier molecular flexibility index (Phi) is 5.31. The highest BCUT2D eigenvalue weighted by atomic mass is 35.5. The van der Waals surface area contributed by atoms with Crippen LogP contribution in [0.15, 0.2) is 48.5 Å². The van der Waals surface area contributed by atoms with Gasteiger partial charge in [-0.1, -0.05) is 48.0 Å². The predicted molar refractivity (Wildman–Crippen MR) is 93.6 cm³/mol.